The fraction of sp³-hybridized carbons (Fsp3) is 0.471. The molecule has 23 heavy (non-hydrogen) atoms. The van der Waals surface area contributed by atoms with E-state index in [1.807, 2.05) is 24.3 Å². The predicted octanol–water partition coefficient (Wildman–Crippen LogP) is 3.10. The zero-order valence-electron chi connectivity index (χ0n) is 14.0. The van der Waals surface area contributed by atoms with E-state index in [9.17, 15) is 0 Å². The molecule has 0 spiro atoms. The summed E-state index contributed by atoms with van der Waals surface area (Å²) in [7, 11) is 4.92. The van der Waals surface area contributed by atoms with Crippen molar-refractivity contribution in [2.75, 3.05) is 27.9 Å². The molecule has 0 saturated carbocycles. The number of nitrogens with zero attached hydrogens (tertiary/aromatic N) is 1. The van der Waals surface area contributed by atoms with Crippen LogP contribution >= 0.6 is 0 Å². The van der Waals surface area contributed by atoms with Crippen molar-refractivity contribution in [2.24, 2.45) is 5.92 Å². The van der Waals surface area contributed by atoms with Crippen molar-refractivity contribution >= 4 is 0 Å². The van der Waals surface area contributed by atoms with E-state index in [-0.39, 0.29) is 0 Å². The molecule has 0 bridgehead atoms. The Hall–Kier alpha value is -2.21. The van der Waals surface area contributed by atoms with Crippen LogP contribution in [0.4, 0.5) is 0 Å². The molecule has 0 aliphatic carbocycles. The molecule has 1 heterocycles. The third kappa shape index (κ3) is 4.89. The van der Waals surface area contributed by atoms with Gasteiger partial charge in [0.15, 0.2) is 0 Å². The second-order valence-corrected chi connectivity index (χ2v) is 5.36. The van der Waals surface area contributed by atoms with Crippen molar-refractivity contribution in [1.82, 2.24) is 5.16 Å². The molecule has 1 atom stereocenters. The minimum absolute atomic E-state index is 0.340. The molecule has 1 aromatic heterocycles. The normalized spacial score (nSPS) is 12.0. The second-order valence-electron chi connectivity index (χ2n) is 5.36. The molecule has 1 aromatic carbocycles. The van der Waals surface area contributed by atoms with E-state index in [0.717, 1.165) is 23.5 Å². The summed E-state index contributed by atoms with van der Waals surface area (Å²) in [5.41, 5.74) is 0.908. The molecule has 6 nitrogen and oxygen atoms in total. The number of benzene rings is 1. The highest BCUT2D eigenvalue weighted by Gasteiger charge is 2.11. The summed E-state index contributed by atoms with van der Waals surface area (Å²) in [4.78, 5) is 0. The van der Waals surface area contributed by atoms with Crippen LogP contribution in [0.2, 0.25) is 0 Å². The summed E-state index contributed by atoms with van der Waals surface area (Å²) in [5, 5.41) is 3.93. The number of rotatable bonds is 9. The molecule has 0 aliphatic heterocycles. The van der Waals surface area contributed by atoms with E-state index < -0.39 is 0 Å². The lowest BCUT2D eigenvalue weighted by molar-refractivity contribution is 0.155. The Balaban J connectivity index is 1.95. The first-order chi connectivity index (χ1) is 11.2. The summed E-state index contributed by atoms with van der Waals surface area (Å²) in [5.74, 6) is 3.06. The van der Waals surface area contributed by atoms with Crippen LogP contribution in [0.3, 0.4) is 0 Å². The number of aromatic nitrogens is 1. The summed E-state index contributed by atoms with van der Waals surface area (Å²) < 4.78 is 26.6. The third-order valence-electron chi connectivity index (χ3n) is 3.41. The molecule has 0 radical (unpaired) electrons. The first-order valence-corrected chi connectivity index (χ1v) is 7.44. The monoisotopic (exact) mass is 321 g/mol. The lowest BCUT2D eigenvalue weighted by Crippen LogP contribution is -2.06. The first-order valence-electron chi connectivity index (χ1n) is 7.44. The summed E-state index contributed by atoms with van der Waals surface area (Å²) in [6.45, 7) is 3.11. The SMILES string of the molecule is COC[C@@H](C)Cc1cc(OCc2ccc(OC)cc2OC)no1. The van der Waals surface area contributed by atoms with E-state index in [0.29, 0.717) is 30.8 Å². The van der Waals surface area contributed by atoms with Crippen LogP contribution in [0, 0.1) is 5.92 Å². The quantitative estimate of drug-likeness (QED) is 0.707. The second kappa shape index (κ2) is 8.43. The van der Waals surface area contributed by atoms with Crippen molar-refractivity contribution in [3.63, 3.8) is 0 Å². The number of ether oxygens (including phenoxy) is 4. The van der Waals surface area contributed by atoms with Crippen LogP contribution in [0.25, 0.3) is 0 Å². The average molecular weight is 321 g/mol. The highest BCUT2D eigenvalue weighted by molar-refractivity contribution is 5.40. The van der Waals surface area contributed by atoms with Crippen LogP contribution in [0.1, 0.15) is 18.2 Å². The van der Waals surface area contributed by atoms with Gasteiger partial charge in [0, 0.05) is 37.8 Å². The molecule has 2 rings (SSSR count). The van der Waals surface area contributed by atoms with Gasteiger partial charge in [-0.15, -0.1) is 0 Å². The molecule has 0 N–H and O–H groups in total. The molecule has 126 valence electrons. The molecule has 0 saturated heterocycles. The van der Waals surface area contributed by atoms with Gasteiger partial charge in [0.1, 0.15) is 23.9 Å². The number of hydrogen-bond donors (Lipinski definition) is 0. The number of methoxy groups -OCH3 is 3. The lowest BCUT2D eigenvalue weighted by atomic mass is 10.1. The van der Waals surface area contributed by atoms with Crippen molar-refractivity contribution in [3.05, 3.63) is 35.6 Å². The molecule has 6 heteroatoms. The van der Waals surface area contributed by atoms with E-state index in [1.54, 1.807) is 21.3 Å². The average Bonchev–Trinajstić information content (AvgIpc) is 3.00. The highest BCUT2D eigenvalue weighted by Crippen LogP contribution is 2.26. The fourth-order valence-electron chi connectivity index (χ4n) is 2.27. The van der Waals surface area contributed by atoms with Gasteiger partial charge < -0.3 is 23.5 Å². The van der Waals surface area contributed by atoms with Crippen molar-refractivity contribution in [2.45, 2.75) is 20.0 Å². The molecule has 0 unspecified atom stereocenters. The maximum atomic E-state index is 5.67. The van der Waals surface area contributed by atoms with Gasteiger partial charge in [-0.1, -0.05) is 6.92 Å². The summed E-state index contributed by atoms with van der Waals surface area (Å²) in [6, 6.07) is 7.39. The Morgan fingerprint density at radius 3 is 2.65 bits per heavy atom. The van der Waals surface area contributed by atoms with Gasteiger partial charge in [0.05, 0.1) is 14.2 Å². The minimum Gasteiger partial charge on any atom is -0.497 e. The van der Waals surface area contributed by atoms with Crippen LogP contribution < -0.4 is 14.2 Å². The predicted molar refractivity (Wildman–Crippen MR) is 85.1 cm³/mol. The van der Waals surface area contributed by atoms with Gasteiger partial charge >= 0.3 is 0 Å². The van der Waals surface area contributed by atoms with Crippen LogP contribution in [-0.4, -0.2) is 33.1 Å². The third-order valence-corrected chi connectivity index (χ3v) is 3.41. The van der Waals surface area contributed by atoms with Gasteiger partial charge in [0.2, 0.25) is 0 Å². The summed E-state index contributed by atoms with van der Waals surface area (Å²) in [6.07, 6.45) is 0.760. The first kappa shape index (κ1) is 17.1. The maximum Gasteiger partial charge on any atom is 0.254 e. The van der Waals surface area contributed by atoms with Gasteiger partial charge in [-0.25, -0.2) is 0 Å². The molecular weight excluding hydrogens is 298 g/mol. The smallest absolute Gasteiger partial charge is 0.254 e. The van der Waals surface area contributed by atoms with Crippen LogP contribution in [0.5, 0.6) is 17.4 Å². The lowest BCUT2D eigenvalue weighted by Gasteiger charge is -2.10. The molecule has 0 amide bonds. The molecule has 0 fully saturated rings. The Morgan fingerprint density at radius 2 is 1.96 bits per heavy atom. The fourth-order valence-corrected chi connectivity index (χ4v) is 2.27. The topological polar surface area (TPSA) is 63.0 Å². The van der Waals surface area contributed by atoms with E-state index in [1.165, 1.54) is 0 Å². The largest absolute Gasteiger partial charge is 0.497 e. The maximum absolute atomic E-state index is 5.67. The van der Waals surface area contributed by atoms with Crippen LogP contribution in [0.15, 0.2) is 28.8 Å². The van der Waals surface area contributed by atoms with Gasteiger partial charge in [-0.2, -0.15) is 0 Å². The molecule has 0 aliphatic rings. The molecular formula is C17H23NO5. The Bertz CT molecular complexity index is 611. The standard InChI is InChI=1S/C17H23NO5/c1-12(10-19-2)7-15-9-17(18-23-15)22-11-13-5-6-14(20-3)8-16(13)21-4/h5-6,8-9,12H,7,10-11H2,1-4H3/t12-/m0/s1. The number of hydrogen-bond acceptors (Lipinski definition) is 6. The zero-order chi connectivity index (χ0) is 16.7. The zero-order valence-corrected chi connectivity index (χ0v) is 14.0. The van der Waals surface area contributed by atoms with E-state index in [4.69, 9.17) is 23.5 Å². The highest BCUT2D eigenvalue weighted by atomic mass is 16.5. The Kier molecular flexibility index (Phi) is 6.29. The minimum atomic E-state index is 0.340. The van der Waals surface area contributed by atoms with Gasteiger partial charge in [0.25, 0.3) is 5.88 Å². The van der Waals surface area contributed by atoms with Gasteiger partial charge in [-0.05, 0) is 23.2 Å². The summed E-state index contributed by atoms with van der Waals surface area (Å²) >= 11 is 0. The van der Waals surface area contributed by atoms with Crippen molar-refractivity contribution < 1.29 is 23.5 Å². The van der Waals surface area contributed by atoms with Crippen molar-refractivity contribution in [3.8, 4) is 17.4 Å². The molecule has 2 aromatic rings. The Morgan fingerprint density at radius 1 is 1.13 bits per heavy atom. The van der Waals surface area contributed by atoms with E-state index >= 15 is 0 Å². The Labute approximate surface area is 136 Å². The van der Waals surface area contributed by atoms with Crippen molar-refractivity contribution in [1.29, 1.82) is 0 Å². The van der Waals surface area contributed by atoms with Crippen LogP contribution in [-0.2, 0) is 17.8 Å². The van der Waals surface area contributed by atoms with E-state index in [2.05, 4.69) is 12.1 Å². The van der Waals surface area contributed by atoms with Gasteiger partial charge in [-0.3, -0.25) is 0 Å².